The highest BCUT2D eigenvalue weighted by molar-refractivity contribution is 5.85. The van der Waals surface area contributed by atoms with Gasteiger partial charge in [-0.3, -0.25) is 4.90 Å². The molecule has 2 aromatic heterocycles. The molecule has 0 unspecified atom stereocenters. The van der Waals surface area contributed by atoms with Gasteiger partial charge in [-0.15, -0.1) is 12.4 Å². The Balaban J connectivity index is 0.00000182. The zero-order valence-electron chi connectivity index (χ0n) is 14.5. The van der Waals surface area contributed by atoms with Gasteiger partial charge in [0.1, 0.15) is 5.65 Å². The van der Waals surface area contributed by atoms with E-state index in [2.05, 4.69) is 69.9 Å². The van der Waals surface area contributed by atoms with E-state index in [1.165, 1.54) is 16.8 Å². The summed E-state index contributed by atoms with van der Waals surface area (Å²) in [5.41, 5.74) is 11.0. The van der Waals surface area contributed by atoms with E-state index in [-0.39, 0.29) is 12.4 Å². The molecule has 1 fully saturated rings. The minimum Gasteiger partial charge on any atom is -0.330 e. The molecule has 0 spiro atoms. The van der Waals surface area contributed by atoms with Crippen LogP contribution in [0.25, 0.3) is 5.65 Å². The van der Waals surface area contributed by atoms with Crippen molar-refractivity contribution in [3.05, 3.63) is 71.7 Å². The number of benzene rings is 1. The molecule has 25 heavy (non-hydrogen) atoms. The predicted molar refractivity (Wildman–Crippen MR) is 104 cm³/mol. The van der Waals surface area contributed by atoms with Crippen molar-refractivity contribution in [2.24, 2.45) is 11.7 Å². The zero-order valence-corrected chi connectivity index (χ0v) is 15.3. The number of hydrogen-bond acceptors (Lipinski definition) is 3. The fourth-order valence-corrected chi connectivity index (χ4v) is 3.89. The van der Waals surface area contributed by atoms with Gasteiger partial charge >= 0.3 is 0 Å². The lowest BCUT2D eigenvalue weighted by molar-refractivity contribution is 0.312. The van der Waals surface area contributed by atoms with Crippen molar-refractivity contribution in [1.82, 2.24) is 14.3 Å². The van der Waals surface area contributed by atoms with Crippen LogP contribution in [0.3, 0.4) is 0 Å². The highest BCUT2D eigenvalue weighted by Crippen LogP contribution is 2.32. The van der Waals surface area contributed by atoms with Gasteiger partial charge in [-0.05, 0) is 42.6 Å². The van der Waals surface area contributed by atoms with Crippen molar-refractivity contribution in [2.45, 2.75) is 19.4 Å². The Labute approximate surface area is 155 Å². The van der Waals surface area contributed by atoms with Gasteiger partial charge in [-0.1, -0.05) is 30.3 Å². The summed E-state index contributed by atoms with van der Waals surface area (Å²) in [6.45, 7) is 5.87. The summed E-state index contributed by atoms with van der Waals surface area (Å²) < 4.78 is 2.19. The topological polar surface area (TPSA) is 46.6 Å². The van der Waals surface area contributed by atoms with Crippen LogP contribution >= 0.6 is 12.4 Å². The number of aryl methyl sites for hydroxylation is 1. The maximum Gasteiger partial charge on any atom is 0.137 e. The summed E-state index contributed by atoms with van der Waals surface area (Å²) in [5.74, 6) is 1.05. The minimum atomic E-state index is 0. The number of pyridine rings is 1. The van der Waals surface area contributed by atoms with Crippen LogP contribution in [0.5, 0.6) is 0 Å². The average Bonchev–Trinajstić information content (AvgIpc) is 3.20. The first-order valence-corrected chi connectivity index (χ1v) is 8.64. The molecule has 1 aliphatic rings. The van der Waals surface area contributed by atoms with Crippen molar-refractivity contribution in [3.8, 4) is 0 Å². The lowest BCUT2D eigenvalue weighted by Crippen LogP contribution is -2.23. The highest BCUT2D eigenvalue weighted by atomic mass is 35.5. The Morgan fingerprint density at radius 2 is 1.96 bits per heavy atom. The van der Waals surface area contributed by atoms with Crippen LogP contribution < -0.4 is 5.73 Å². The molecule has 0 aliphatic carbocycles. The SMILES string of the molecule is Cc1ccn2c(CN3C[C@@H](CN)[C@H](c4ccccc4)C3)cnc2c1.Cl. The second-order valence-electron chi connectivity index (χ2n) is 6.89. The number of halogens is 1. The molecule has 2 atom stereocenters. The maximum atomic E-state index is 6.06. The lowest BCUT2D eigenvalue weighted by atomic mass is 9.89. The molecule has 3 heterocycles. The van der Waals surface area contributed by atoms with Crippen molar-refractivity contribution in [2.75, 3.05) is 19.6 Å². The highest BCUT2D eigenvalue weighted by Gasteiger charge is 2.33. The Morgan fingerprint density at radius 3 is 2.72 bits per heavy atom. The molecule has 2 N–H and O–H groups in total. The molecule has 5 heteroatoms. The molecular weight excluding hydrogens is 332 g/mol. The van der Waals surface area contributed by atoms with Gasteiger partial charge in [0.05, 0.1) is 11.9 Å². The molecule has 0 radical (unpaired) electrons. The van der Waals surface area contributed by atoms with Gasteiger partial charge in [0.15, 0.2) is 0 Å². The standard InChI is InChI=1S/C20H24N4.ClH/c1-15-7-8-24-18(11-22-20(24)9-15)13-23-12-17(10-21)19(14-23)16-5-3-2-4-6-16;/h2-9,11,17,19H,10,12-14,21H2,1H3;1H/t17-,19+;/m1./s1. The first-order chi connectivity index (χ1) is 11.7. The average molecular weight is 357 g/mol. The molecule has 1 aromatic carbocycles. The van der Waals surface area contributed by atoms with Crippen LogP contribution in [0.2, 0.25) is 0 Å². The van der Waals surface area contributed by atoms with Crippen LogP contribution in [0.1, 0.15) is 22.7 Å². The summed E-state index contributed by atoms with van der Waals surface area (Å²) in [7, 11) is 0. The predicted octanol–water partition coefficient (Wildman–Crippen LogP) is 3.24. The Bertz CT molecular complexity index is 830. The Morgan fingerprint density at radius 1 is 1.16 bits per heavy atom. The third kappa shape index (κ3) is 3.56. The number of nitrogens with two attached hydrogens (primary N) is 1. The van der Waals surface area contributed by atoms with E-state index in [1.807, 2.05) is 6.20 Å². The Hall–Kier alpha value is -1.88. The molecule has 3 aromatic rings. The first-order valence-electron chi connectivity index (χ1n) is 8.64. The van der Waals surface area contributed by atoms with Gasteiger partial charge in [0, 0.05) is 31.7 Å². The molecule has 1 saturated heterocycles. The van der Waals surface area contributed by atoms with E-state index in [0.717, 1.165) is 31.8 Å². The van der Waals surface area contributed by atoms with Crippen molar-refractivity contribution < 1.29 is 0 Å². The molecule has 4 nitrogen and oxygen atoms in total. The van der Waals surface area contributed by atoms with Crippen molar-refractivity contribution in [1.29, 1.82) is 0 Å². The molecule has 4 rings (SSSR count). The second kappa shape index (κ2) is 7.56. The Kier molecular flexibility index (Phi) is 5.42. The van der Waals surface area contributed by atoms with Gasteiger partial charge in [-0.2, -0.15) is 0 Å². The molecule has 0 amide bonds. The molecular formula is C20H25ClN4. The summed E-state index contributed by atoms with van der Waals surface area (Å²) >= 11 is 0. The smallest absolute Gasteiger partial charge is 0.137 e. The van der Waals surface area contributed by atoms with Crippen LogP contribution in [0, 0.1) is 12.8 Å². The number of rotatable bonds is 4. The summed E-state index contributed by atoms with van der Waals surface area (Å²) in [4.78, 5) is 7.06. The van der Waals surface area contributed by atoms with E-state index in [9.17, 15) is 0 Å². The fraction of sp³-hybridized carbons (Fsp3) is 0.350. The van der Waals surface area contributed by atoms with Crippen molar-refractivity contribution in [3.63, 3.8) is 0 Å². The van der Waals surface area contributed by atoms with E-state index in [1.54, 1.807) is 0 Å². The van der Waals surface area contributed by atoms with Crippen molar-refractivity contribution >= 4 is 18.1 Å². The van der Waals surface area contributed by atoms with Gasteiger partial charge < -0.3 is 10.1 Å². The largest absolute Gasteiger partial charge is 0.330 e. The molecule has 0 saturated carbocycles. The number of likely N-dealkylation sites (tertiary alicyclic amines) is 1. The maximum absolute atomic E-state index is 6.06. The number of fused-ring (bicyclic) bond motifs is 1. The molecule has 1 aliphatic heterocycles. The third-order valence-electron chi connectivity index (χ3n) is 5.18. The van der Waals surface area contributed by atoms with Crippen LogP contribution in [-0.4, -0.2) is 33.9 Å². The number of nitrogens with zero attached hydrogens (tertiary/aromatic N) is 3. The summed E-state index contributed by atoms with van der Waals surface area (Å²) in [6, 6.07) is 15.0. The second-order valence-corrected chi connectivity index (χ2v) is 6.89. The third-order valence-corrected chi connectivity index (χ3v) is 5.18. The monoisotopic (exact) mass is 356 g/mol. The van der Waals surface area contributed by atoms with E-state index < -0.39 is 0 Å². The molecule has 132 valence electrons. The zero-order chi connectivity index (χ0) is 16.5. The van der Waals surface area contributed by atoms with Gasteiger partial charge in [-0.25, -0.2) is 4.98 Å². The number of imidazole rings is 1. The first kappa shape index (κ1) is 17.9. The molecule has 0 bridgehead atoms. The van der Waals surface area contributed by atoms with Crippen LogP contribution in [0.15, 0.2) is 54.9 Å². The quantitative estimate of drug-likeness (QED) is 0.780. The van der Waals surface area contributed by atoms with Gasteiger partial charge in [0.2, 0.25) is 0 Å². The fourth-order valence-electron chi connectivity index (χ4n) is 3.89. The van der Waals surface area contributed by atoms with Gasteiger partial charge in [0.25, 0.3) is 0 Å². The lowest BCUT2D eigenvalue weighted by Gasteiger charge is -2.16. The summed E-state index contributed by atoms with van der Waals surface area (Å²) in [5, 5.41) is 0. The summed E-state index contributed by atoms with van der Waals surface area (Å²) in [6.07, 6.45) is 4.13. The van der Waals surface area contributed by atoms with Crippen LogP contribution in [-0.2, 0) is 6.54 Å². The number of aromatic nitrogens is 2. The van der Waals surface area contributed by atoms with E-state index >= 15 is 0 Å². The van der Waals surface area contributed by atoms with E-state index in [4.69, 9.17) is 5.73 Å². The minimum absolute atomic E-state index is 0. The van der Waals surface area contributed by atoms with Crippen LogP contribution in [0.4, 0.5) is 0 Å². The normalized spacial score (nSPS) is 20.7. The van der Waals surface area contributed by atoms with E-state index in [0.29, 0.717) is 11.8 Å². The number of hydrogen-bond donors (Lipinski definition) is 1.